The molecule has 3 heterocycles. The Morgan fingerprint density at radius 1 is 1.18 bits per heavy atom. The first-order valence-electron chi connectivity index (χ1n) is 6.61. The molecule has 0 aliphatic heterocycles. The van der Waals surface area contributed by atoms with Crippen molar-refractivity contribution in [2.45, 2.75) is 27.7 Å². The van der Waals surface area contributed by atoms with E-state index < -0.39 is 0 Å². The van der Waals surface area contributed by atoms with Gasteiger partial charge in [-0.05, 0) is 27.7 Å². The topological polar surface area (TPSA) is 76.4 Å². The summed E-state index contributed by atoms with van der Waals surface area (Å²) in [5.41, 5.74) is 1.94. The van der Waals surface area contributed by atoms with Crippen LogP contribution in [0, 0.1) is 27.7 Å². The molecule has 0 saturated carbocycles. The number of amides is 1. The zero-order valence-corrected chi connectivity index (χ0v) is 14.2. The van der Waals surface area contributed by atoms with Gasteiger partial charge in [0.1, 0.15) is 10.6 Å². The van der Waals surface area contributed by atoms with Crippen molar-refractivity contribution in [1.29, 1.82) is 0 Å². The van der Waals surface area contributed by atoms with Crippen molar-refractivity contribution >= 4 is 39.2 Å². The van der Waals surface area contributed by atoms with Gasteiger partial charge in [-0.15, -0.1) is 22.7 Å². The van der Waals surface area contributed by atoms with Gasteiger partial charge in [0, 0.05) is 11.1 Å². The summed E-state index contributed by atoms with van der Waals surface area (Å²) in [5.74, 6) is -0.321. The first-order chi connectivity index (χ1) is 10.4. The van der Waals surface area contributed by atoms with Crippen molar-refractivity contribution in [3.63, 3.8) is 0 Å². The van der Waals surface area contributed by atoms with Crippen LogP contribution in [0.25, 0.3) is 4.96 Å². The summed E-state index contributed by atoms with van der Waals surface area (Å²) in [6, 6.07) is 0. The van der Waals surface area contributed by atoms with Gasteiger partial charge in [0.05, 0.1) is 16.4 Å². The fourth-order valence-electron chi connectivity index (χ4n) is 2.24. The van der Waals surface area contributed by atoms with Gasteiger partial charge >= 0.3 is 0 Å². The molecule has 0 spiro atoms. The first-order valence-corrected chi connectivity index (χ1v) is 8.31. The summed E-state index contributed by atoms with van der Waals surface area (Å²) in [4.78, 5) is 34.8. The molecular weight excluding hydrogens is 320 g/mol. The highest BCUT2D eigenvalue weighted by atomic mass is 32.1. The lowest BCUT2D eigenvalue weighted by molar-refractivity contribution is 0.102. The number of thiazole rings is 2. The van der Waals surface area contributed by atoms with Gasteiger partial charge < -0.3 is 5.32 Å². The van der Waals surface area contributed by atoms with E-state index in [4.69, 9.17) is 0 Å². The Morgan fingerprint density at radius 2 is 1.91 bits per heavy atom. The minimum absolute atomic E-state index is 0.217. The van der Waals surface area contributed by atoms with Crippen LogP contribution in [0.3, 0.4) is 0 Å². The smallest absolute Gasteiger partial charge is 0.282 e. The molecule has 0 radical (unpaired) electrons. The SMILES string of the molecule is Cc1nc(C)c(C(=O)Nc2c(C)nc3scc(C)n3c2=O)s1. The molecule has 6 nitrogen and oxygen atoms in total. The van der Waals surface area contributed by atoms with E-state index in [1.807, 2.05) is 19.2 Å². The zero-order valence-electron chi connectivity index (χ0n) is 12.6. The van der Waals surface area contributed by atoms with E-state index in [-0.39, 0.29) is 17.2 Å². The van der Waals surface area contributed by atoms with Crippen molar-refractivity contribution in [3.05, 3.63) is 42.7 Å². The third-order valence-corrected chi connectivity index (χ3v) is 5.28. The van der Waals surface area contributed by atoms with Gasteiger partial charge in [0.15, 0.2) is 4.96 Å². The Hall–Kier alpha value is -2.06. The second kappa shape index (κ2) is 5.29. The molecule has 0 aliphatic rings. The lowest BCUT2D eigenvalue weighted by atomic mass is 10.3. The van der Waals surface area contributed by atoms with E-state index in [1.54, 1.807) is 13.8 Å². The number of carbonyl (C=O) groups is 1. The van der Waals surface area contributed by atoms with E-state index >= 15 is 0 Å². The average Bonchev–Trinajstić information content (AvgIpc) is 2.97. The van der Waals surface area contributed by atoms with Gasteiger partial charge in [-0.25, -0.2) is 9.97 Å². The molecule has 0 bridgehead atoms. The highest BCUT2D eigenvalue weighted by Gasteiger charge is 2.19. The molecule has 114 valence electrons. The van der Waals surface area contributed by atoms with Crippen LogP contribution in [-0.2, 0) is 0 Å². The lowest BCUT2D eigenvalue weighted by Gasteiger charge is -2.07. The summed E-state index contributed by atoms with van der Waals surface area (Å²) in [7, 11) is 0. The fraction of sp³-hybridized carbons (Fsp3) is 0.286. The largest absolute Gasteiger partial charge is 0.315 e. The van der Waals surface area contributed by atoms with Crippen LogP contribution in [0.2, 0.25) is 0 Å². The van der Waals surface area contributed by atoms with Gasteiger partial charge in [-0.2, -0.15) is 0 Å². The molecule has 0 fully saturated rings. The summed E-state index contributed by atoms with van der Waals surface area (Å²) >= 11 is 2.71. The van der Waals surface area contributed by atoms with E-state index in [0.29, 0.717) is 21.2 Å². The molecule has 1 amide bonds. The number of hydrogen-bond donors (Lipinski definition) is 1. The number of carbonyl (C=O) groups excluding carboxylic acids is 1. The third-order valence-electron chi connectivity index (χ3n) is 3.27. The number of aryl methyl sites for hydroxylation is 4. The lowest BCUT2D eigenvalue weighted by Crippen LogP contribution is -2.24. The molecule has 0 aromatic carbocycles. The van der Waals surface area contributed by atoms with Crippen molar-refractivity contribution in [3.8, 4) is 0 Å². The van der Waals surface area contributed by atoms with Crippen LogP contribution in [0.1, 0.15) is 31.8 Å². The average molecular weight is 334 g/mol. The van der Waals surface area contributed by atoms with Gasteiger partial charge in [-0.1, -0.05) is 0 Å². The molecule has 8 heteroatoms. The maximum Gasteiger partial charge on any atom is 0.282 e. The molecule has 0 unspecified atom stereocenters. The zero-order chi connectivity index (χ0) is 16.0. The molecule has 3 aromatic rings. The summed E-state index contributed by atoms with van der Waals surface area (Å²) < 4.78 is 1.51. The minimum atomic E-state index is -0.321. The first kappa shape index (κ1) is 14.9. The van der Waals surface area contributed by atoms with Gasteiger partial charge in [0.2, 0.25) is 0 Å². The normalized spacial score (nSPS) is 11.1. The molecule has 3 aromatic heterocycles. The number of aromatic nitrogens is 3. The highest BCUT2D eigenvalue weighted by Crippen LogP contribution is 2.20. The van der Waals surface area contributed by atoms with Crippen LogP contribution < -0.4 is 10.9 Å². The molecular formula is C14H14N4O2S2. The number of nitrogens with one attached hydrogen (secondary N) is 1. The van der Waals surface area contributed by atoms with Crippen LogP contribution in [-0.4, -0.2) is 20.3 Å². The van der Waals surface area contributed by atoms with Crippen LogP contribution >= 0.6 is 22.7 Å². The van der Waals surface area contributed by atoms with E-state index in [1.165, 1.54) is 27.1 Å². The summed E-state index contributed by atoms with van der Waals surface area (Å²) in [6.07, 6.45) is 0. The Bertz CT molecular complexity index is 952. The molecule has 0 atom stereocenters. The van der Waals surface area contributed by atoms with Crippen LogP contribution in [0.5, 0.6) is 0 Å². The van der Waals surface area contributed by atoms with Gasteiger partial charge in [-0.3, -0.25) is 14.0 Å². The molecule has 1 N–H and O–H groups in total. The number of fused-ring (bicyclic) bond motifs is 1. The van der Waals surface area contributed by atoms with E-state index in [2.05, 4.69) is 15.3 Å². The van der Waals surface area contributed by atoms with Gasteiger partial charge in [0.25, 0.3) is 11.5 Å². The summed E-state index contributed by atoms with van der Waals surface area (Å²) in [6.45, 7) is 7.18. The standard InChI is InChI=1S/C14H14N4O2S2/c1-6-5-21-14-16-7(2)10(13(20)18(6)14)17-12(19)11-8(3)15-9(4)22-11/h5H,1-4H3,(H,17,19). The fourth-order valence-corrected chi connectivity index (χ4v) is 3.96. The molecule has 22 heavy (non-hydrogen) atoms. The minimum Gasteiger partial charge on any atom is -0.315 e. The number of rotatable bonds is 2. The maximum absolute atomic E-state index is 12.6. The van der Waals surface area contributed by atoms with Crippen LogP contribution in [0.4, 0.5) is 5.69 Å². The van der Waals surface area contributed by atoms with Crippen molar-refractivity contribution in [2.24, 2.45) is 0 Å². The second-order valence-corrected chi connectivity index (χ2v) is 7.01. The van der Waals surface area contributed by atoms with Crippen LogP contribution in [0.15, 0.2) is 10.2 Å². The maximum atomic E-state index is 12.6. The van der Waals surface area contributed by atoms with E-state index in [0.717, 1.165) is 10.7 Å². The van der Waals surface area contributed by atoms with Crippen molar-refractivity contribution in [1.82, 2.24) is 14.4 Å². The highest BCUT2D eigenvalue weighted by molar-refractivity contribution is 7.15. The number of nitrogens with zero attached hydrogens (tertiary/aromatic N) is 3. The predicted molar refractivity (Wildman–Crippen MR) is 88.4 cm³/mol. The Kier molecular flexibility index (Phi) is 3.57. The quantitative estimate of drug-likeness (QED) is 0.782. The Morgan fingerprint density at radius 3 is 2.55 bits per heavy atom. The summed E-state index contributed by atoms with van der Waals surface area (Å²) in [5, 5.41) is 5.38. The van der Waals surface area contributed by atoms with Crippen molar-refractivity contribution in [2.75, 3.05) is 5.32 Å². The molecule has 0 saturated heterocycles. The predicted octanol–water partition coefficient (Wildman–Crippen LogP) is 2.70. The number of hydrogen-bond acceptors (Lipinski definition) is 6. The van der Waals surface area contributed by atoms with E-state index in [9.17, 15) is 9.59 Å². The Balaban J connectivity index is 2.07. The monoisotopic (exact) mass is 334 g/mol. The second-order valence-electron chi connectivity index (χ2n) is 4.97. The van der Waals surface area contributed by atoms with Crippen molar-refractivity contribution < 1.29 is 4.79 Å². The molecule has 0 aliphatic carbocycles. The third kappa shape index (κ3) is 2.34. The Labute approximate surface area is 134 Å². The number of anilines is 1. The molecule has 3 rings (SSSR count).